The van der Waals surface area contributed by atoms with Crippen LogP contribution in [0.3, 0.4) is 0 Å². The molecule has 2 heterocycles. The zero-order valence-corrected chi connectivity index (χ0v) is 14.9. The fourth-order valence-corrected chi connectivity index (χ4v) is 4.65. The van der Waals surface area contributed by atoms with Crippen LogP contribution in [0.5, 0.6) is 0 Å². The van der Waals surface area contributed by atoms with Crippen LogP contribution >= 0.6 is 0 Å². The number of aromatic nitrogens is 2. The lowest BCUT2D eigenvalue weighted by Gasteiger charge is -2.45. The van der Waals surface area contributed by atoms with Crippen molar-refractivity contribution in [3.63, 3.8) is 0 Å². The summed E-state index contributed by atoms with van der Waals surface area (Å²) in [6, 6.07) is 2.38. The number of carbonyl (C=O) groups is 1. The monoisotopic (exact) mass is 342 g/mol. The minimum atomic E-state index is -0.0531. The van der Waals surface area contributed by atoms with Gasteiger partial charge >= 0.3 is 0 Å². The molecule has 3 N–H and O–H groups in total. The van der Waals surface area contributed by atoms with Crippen LogP contribution in [0.4, 0.5) is 0 Å². The van der Waals surface area contributed by atoms with Gasteiger partial charge in [0.1, 0.15) is 0 Å². The molecule has 6 heteroatoms. The Morgan fingerprint density at radius 1 is 1.32 bits per heavy atom. The Morgan fingerprint density at radius 2 is 2.04 bits per heavy atom. The van der Waals surface area contributed by atoms with E-state index in [-0.39, 0.29) is 23.9 Å². The van der Waals surface area contributed by atoms with E-state index in [1.165, 1.54) is 6.42 Å². The minimum Gasteiger partial charge on any atom is -0.349 e. The first-order valence-electron chi connectivity index (χ1n) is 9.34. The largest absolute Gasteiger partial charge is 0.349 e. The van der Waals surface area contributed by atoms with Crippen molar-refractivity contribution >= 4 is 17.0 Å². The molecule has 2 aromatic heterocycles. The molecule has 2 aromatic rings. The summed E-state index contributed by atoms with van der Waals surface area (Å²) in [4.78, 5) is 17.1. The topological polar surface area (TPSA) is 94.0 Å². The van der Waals surface area contributed by atoms with Crippen LogP contribution in [-0.4, -0.2) is 28.1 Å². The van der Waals surface area contributed by atoms with E-state index in [4.69, 9.17) is 10.3 Å². The van der Waals surface area contributed by atoms with Crippen molar-refractivity contribution in [1.82, 2.24) is 15.5 Å². The average molecular weight is 342 g/mol. The van der Waals surface area contributed by atoms with Crippen molar-refractivity contribution in [3.8, 4) is 0 Å². The molecule has 0 saturated heterocycles. The van der Waals surface area contributed by atoms with Crippen LogP contribution < -0.4 is 11.1 Å². The van der Waals surface area contributed by atoms with Gasteiger partial charge in [-0.1, -0.05) is 25.4 Å². The fourth-order valence-electron chi connectivity index (χ4n) is 4.65. The quantitative estimate of drug-likeness (QED) is 0.894. The van der Waals surface area contributed by atoms with Gasteiger partial charge in [0.15, 0.2) is 0 Å². The van der Waals surface area contributed by atoms with Crippen LogP contribution in [-0.2, 0) is 0 Å². The number of nitrogens with two attached hydrogens (primary N) is 1. The van der Waals surface area contributed by atoms with Gasteiger partial charge in [-0.15, -0.1) is 0 Å². The summed E-state index contributed by atoms with van der Waals surface area (Å²) in [5.41, 5.74) is 8.09. The Balaban J connectivity index is 1.57. The lowest BCUT2D eigenvalue weighted by atomic mass is 9.67. The maximum atomic E-state index is 12.8. The second-order valence-corrected chi connectivity index (χ2v) is 7.98. The summed E-state index contributed by atoms with van der Waals surface area (Å²) in [7, 11) is 0. The predicted molar refractivity (Wildman–Crippen MR) is 95.2 cm³/mol. The van der Waals surface area contributed by atoms with E-state index in [1.807, 2.05) is 6.07 Å². The number of rotatable bonds is 3. The molecule has 2 aliphatic carbocycles. The molecule has 25 heavy (non-hydrogen) atoms. The van der Waals surface area contributed by atoms with Gasteiger partial charge in [-0.2, -0.15) is 0 Å². The summed E-state index contributed by atoms with van der Waals surface area (Å²) in [5.74, 6) is 1.18. The first kappa shape index (κ1) is 16.5. The van der Waals surface area contributed by atoms with Crippen LogP contribution in [0.2, 0.25) is 0 Å². The van der Waals surface area contributed by atoms with Gasteiger partial charge in [-0.05, 0) is 49.5 Å². The number of hydrogen-bond acceptors (Lipinski definition) is 5. The maximum Gasteiger partial charge on any atom is 0.257 e. The molecule has 0 aliphatic heterocycles. The Hall–Kier alpha value is -1.95. The summed E-state index contributed by atoms with van der Waals surface area (Å²) in [6.45, 7) is 4.10. The number of pyridine rings is 1. The average Bonchev–Trinajstić information content (AvgIpc) is 2.99. The number of carbonyl (C=O) groups excluding carboxylic acids is 1. The van der Waals surface area contributed by atoms with Gasteiger partial charge < -0.3 is 15.6 Å². The molecule has 134 valence electrons. The van der Waals surface area contributed by atoms with Gasteiger partial charge in [0.25, 0.3) is 11.6 Å². The minimum absolute atomic E-state index is 0.0531. The SMILES string of the molecule is CC(C)c1noc2ncc(C(=O)NC3C4CCCC3CC(N)C4)cc12. The second kappa shape index (κ2) is 6.41. The molecule has 0 aromatic carbocycles. The normalized spacial score (nSPS) is 29.1. The fraction of sp³-hybridized carbons (Fsp3) is 0.632. The van der Waals surface area contributed by atoms with Gasteiger partial charge in [-0.25, -0.2) is 4.98 Å². The number of fused-ring (bicyclic) bond motifs is 3. The molecule has 2 saturated carbocycles. The molecule has 2 aliphatic rings. The molecular formula is C19H26N4O2. The molecule has 6 nitrogen and oxygen atoms in total. The predicted octanol–water partition coefficient (Wildman–Crippen LogP) is 2.98. The molecule has 0 radical (unpaired) electrons. The summed E-state index contributed by atoms with van der Waals surface area (Å²) < 4.78 is 5.26. The number of amides is 1. The van der Waals surface area contributed by atoms with Crippen LogP contribution in [0.25, 0.3) is 11.1 Å². The first-order valence-corrected chi connectivity index (χ1v) is 9.34. The molecule has 2 atom stereocenters. The summed E-state index contributed by atoms with van der Waals surface area (Å²) in [5, 5.41) is 8.19. The molecule has 2 bridgehead atoms. The lowest BCUT2D eigenvalue weighted by Crippen LogP contribution is -2.53. The van der Waals surface area contributed by atoms with E-state index < -0.39 is 0 Å². The van der Waals surface area contributed by atoms with Gasteiger partial charge in [0, 0.05) is 18.3 Å². The summed E-state index contributed by atoms with van der Waals surface area (Å²) in [6.07, 6.45) is 7.19. The molecule has 0 spiro atoms. The first-order chi connectivity index (χ1) is 12.0. The summed E-state index contributed by atoms with van der Waals surface area (Å²) >= 11 is 0. The van der Waals surface area contributed by atoms with E-state index in [1.54, 1.807) is 6.20 Å². The van der Waals surface area contributed by atoms with Gasteiger partial charge in [0.05, 0.1) is 16.6 Å². The molecule has 2 fully saturated rings. The highest BCUT2D eigenvalue weighted by Crippen LogP contribution is 2.39. The van der Waals surface area contributed by atoms with Crippen LogP contribution in [0.1, 0.15) is 67.9 Å². The molecule has 2 unspecified atom stereocenters. The van der Waals surface area contributed by atoms with Crippen molar-refractivity contribution in [3.05, 3.63) is 23.5 Å². The molecule has 1 amide bonds. The van der Waals surface area contributed by atoms with Crippen molar-refractivity contribution in [2.75, 3.05) is 0 Å². The highest BCUT2D eigenvalue weighted by molar-refractivity contribution is 5.97. The van der Waals surface area contributed by atoms with Crippen molar-refractivity contribution in [1.29, 1.82) is 0 Å². The Labute approximate surface area is 147 Å². The van der Waals surface area contributed by atoms with E-state index in [2.05, 4.69) is 29.3 Å². The van der Waals surface area contributed by atoms with E-state index in [0.717, 1.165) is 36.8 Å². The Bertz CT molecular complexity index is 771. The molecule has 4 rings (SSSR count). The number of nitrogens with one attached hydrogen (secondary N) is 1. The Morgan fingerprint density at radius 3 is 2.72 bits per heavy atom. The van der Waals surface area contributed by atoms with Crippen molar-refractivity contribution in [2.24, 2.45) is 17.6 Å². The van der Waals surface area contributed by atoms with E-state index >= 15 is 0 Å². The number of nitrogens with zero attached hydrogens (tertiary/aromatic N) is 2. The smallest absolute Gasteiger partial charge is 0.257 e. The van der Waals surface area contributed by atoms with Crippen molar-refractivity contribution in [2.45, 2.75) is 64.0 Å². The van der Waals surface area contributed by atoms with Crippen LogP contribution in [0, 0.1) is 11.8 Å². The van der Waals surface area contributed by atoms with Gasteiger partial charge in [0.2, 0.25) is 0 Å². The van der Waals surface area contributed by atoms with Gasteiger partial charge in [-0.3, -0.25) is 4.79 Å². The zero-order chi connectivity index (χ0) is 17.6. The van der Waals surface area contributed by atoms with E-state index in [9.17, 15) is 4.79 Å². The highest BCUT2D eigenvalue weighted by Gasteiger charge is 2.40. The van der Waals surface area contributed by atoms with E-state index in [0.29, 0.717) is 23.1 Å². The zero-order valence-electron chi connectivity index (χ0n) is 14.9. The molecular weight excluding hydrogens is 316 g/mol. The second-order valence-electron chi connectivity index (χ2n) is 7.98. The van der Waals surface area contributed by atoms with Crippen LogP contribution in [0.15, 0.2) is 16.8 Å². The highest BCUT2D eigenvalue weighted by atomic mass is 16.5. The Kier molecular flexibility index (Phi) is 4.23. The standard InChI is InChI=1S/C19H26N4O2/c1-10(2)16-15-8-13(9-21-19(15)25-23-16)18(24)22-17-11-4-3-5-12(17)7-14(20)6-11/h8-12,14,17H,3-7,20H2,1-2H3,(H,22,24). The third kappa shape index (κ3) is 3.03. The third-order valence-corrected chi connectivity index (χ3v) is 5.84. The lowest BCUT2D eigenvalue weighted by molar-refractivity contribution is 0.0756. The van der Waals surface area contributed by atoms with Crippen molar-refractivity contribution < 1.29 is 9.32 Å². The third-order valence-electron chi connectivity index (χ3n) is 5.84. The maximum absolute atomic E-state index is 12.8. The number of hydrogen-bond donors (Lipinski definition) is 2.